The van der Waals surface area contributed by atoms with Crippen LogP contribution in [0.4, 0.5) is 0 Å². The van der Waals surface area contributed by atoms with Gasteiger partial charge < -0.3 is 0 Å². The molecule has 1 nitrogen and oxygen atoms in total. The molecule has 0 saturated carbocycles. The number of hydrogen-bond acceptors (Lipinski definition) is 0. The predicted octanol–water partition coefficient (Wildman–Crippen LogP) is 5.86. The van der Waals surface area contributed by atoms with Gasteiger partial charge in [-0.2, -0.15) is 0 Å². The summed E-state index contributed by atoms with van der Waals surface area (Å²) < 4.78 is 0. The van der Waals surface area contributed by atoms with E-state index in [1.807, 2.05) is 0 Å². The molecule has 0 N–H and O–H groups in total. The van der Waals surface area contributed by atoms with Gasteiger partial charge >= 0.3 is 0 Å². The normalized spacial score (nSPS) is 10.9. The Kier molecular flexibility index (Phi) is 7.62. The van der Waals surface area contributed by atoms with Crippen LogP contribution in [-0.2, 0) is 24.4 Å². The van der Waals surface area contributed by atoms with Crippen molar-refractivity contribution in [3.8, 4) is 5.75 Å². The molecule has 0 unspecified atom stereocenters. The highest BCUT2D eigenvalue weighted by Gasteiger charge is 2.13. The molecule has 1 aromatic carbocycles. The lowest BCUT2D eigenvalue weighted by molar-refractivity contribution is 0.348. The van der Waals surface area contributed by atoms with Gasteiger partial charge in [-0.1, -0.05) is 46.1 Å². The summed E-state index contributed by atoms with van der Waals surface area (Å²) in [6, 6.07) is 3.88. The minimum atomic E-state index is 0.264. The summed E-state index contributed by atoms with van der Waals surface area (Å²) in [6.07, 6.45) is 10.3. The zero-order valence-electron chi connectivity index (χ0n) is 12.9. The van der Waals surface area contributed by atoms with Crippen LogP contribution in [0.15, 0.2) is 12.1 Å². The van der Waals surface area contributed by atoms with E-state index in [1.165, 1.54) is 36.8 Å². The summed E-state index contributed by atoms with van der Waals surface area (Å²) in [6.45, 7) is 6.64. The zero-order chi connectivity index (χ0) is 14.1. The highest BCUT2D eigenvalue weighted by Crippen LogP contribution is 2.29. The third-order valence-corrected chi connectivity index (χ3v) is 3.85. The van der Waals surface area contributed by atoms with Gasteiger partial charge in [0, 0.05) is 5.56 Å². The van der Waals surface area contributed by atoms with E-state index in [2.05, 4.69) is 26.8 Å². The van der Waals surface area contributed by atoms with Crippen molar-refractivity contribution in [3.05, 3.63) is 28.8 Å². The number of aryl methyl sites for hydroxylation is 1. The monoisotopic (exact) mass is 261 g/mol. The molecule has 1 aromatic rings. The van der Waals surface area contributed by atoms with E-state index in [0.29, 0.717) is 0 Å². The summed E-state index contributed by atoms with van der Waals surface area (Å²) in [4.78, 5) is 0. The molecule has 0 atom stereocenters. The third-order valence-electron chi connectivity index (χ3n) is 3.85. The van der Waals surface area contributed by atoms with Crippen LogP contribution in [0.3, 0.4) is 0 Å². The summed E-state index contributed by atoms with van der Waals surface area (Å²) in [5.74, 6) is 0.264. The van der Waals surface area contributed by atoms with Gasteiger partial charge in [-0.15, -0.1) is 0 Å². The van der Waals surface area contributed by atoms with Gasteiger partial charge in [0.2, 0.25) is 0 Å². The van der Waals surface area contributed by atoms with Gasteiger partial charge in [-0.3, -0.25) is 5.11 Å². The summed E-state index contributed by atoms with van der Waals surface area (Å²) in [7, 11) is 0. The van der Waals surface area contributed by atoms with Crippen molar-refractivity contribution in [3.63, 3.8) is 0 Å². The van der Waals surface area contributed by atoms with E-state index in [4.69, 9.17) is 0 Å². The fraction of sp³-hybridized carbons (Fsp3) is 0.667. The van der Waals surface area contributed by atoms with E-state index in [9.17, 15) is 5.11 Å². The SMILES string of the molecule is CCCCc1ccc([O])c(CCCC)c1CCCC. The van der Waals surface area contributed by atoms with E-state index in [1.54, 1.807) is 6.07 Å². The Bertz CT molecular complexity index is 368. The molecule has 0 spiro atoms. The first-order valence-electron chi connectivity index (χ1n) is 8.05. The van der Waals surface area contributed by atoms with Crippen LogP contribution in [0, 0.1) is 0 Å². The van der Waals surface area contributed by atoms with Crippen LogP contribution in [0.1, 0.15) is 76.0 Å². The van der Waals surface area contributed by atoms with Crippen molar-refractivity contribution in [2.75, 3.05) is 0 Å². The van der Waals surface area contributed by atoms with Crippen LogP contribution in [-0.4, -0.2) is 0 Å². The minimum Gasteiger partial charge on any atom is -0.290 e. The van der Waals surface area contributed by atoms with E-state index in [0.717, 1.165) is 37.7 Å². The molecular weight excluding hydrogens is 232 g/mol. The molecule has 0 fully saturated rings. The molecule has 1 rings (SSSR count). The Morgan fingerprint density at radius 1 is 0.737 bits per heavy atom. The van der Waals surface area contributed by atoms with Crippen LogP contribution in [0.2, 0.25) is 0 Å². The van der Waals surface area contributed by atoms with Gasteiger partial charge in [0.15, 0.2) is 5.75 Å². The average Bonchev–Trinajstić information content (AvgIpc) is 2.42. The number of unbranched alkanes of at least 4 members (excludes halogenated alkanes) is 3. The maximum absolute atomic E-state index is 12.1. The molecule has 0 aliphatic heterocycles. The van der Waals surface area contributed by atoms with Gasteiger partial charge in [-0.05, 0) is 55.7 Å². The topological polar surface area (TPSA) is 19.9 Å². The predicted molar refractivity (Wildman–Crippen MR) is 82.4 cm³/mol. The Balaban J connectivity index is 3.00. The molecule has 0 heterocycles. The molecule has 0 aliphatic carbocycles. The fourth-order valence-electron chi connectivity index (χ4n) is 2.61. The number of benzene rings is 1. The lowest BCUT2D eigenvalue weighted by Crippen LogP contribution is -2.02. The molecule has 0 bridgehead atoms. The average molecular weight is 261 g/mol. The lowest BCUT2D eigenvalue weighted by Gasteiger charge is -2.15. The smallest absolute Gasteiger partial charge is 0.182 e. The first-order valence-corrected chi connectivity index (χ1v) is 8.05. The molecule has 19 heavy (non-hydrogen) atoms. The molecule has 0 saturated heterocycles. The second-order valence-corrected chi connectivity index (χ2v) is 5.49. The largest absolute Gasteiger partial charge is 0.290 e. The van der Waals surface area contributed by atoms with Crippen LogP contribution < -0.4 is 0 Å². The Morgan fingerprint density at radius 3 is 1.84 bits per heavy atom. The second kappa shape index (κ2) is 9.01. The maximum Gasteiger partial charge on any atom is 0.182 e. The van der Waals surface area contributed by atoms with Crippen molar-refractivity contribution in [2.45, 2.75) is 78.6 Å². The first kappa shape index (κ1) is 16.1. The van der Waals surface area contributed by atoms with Crippen molar-refractivity contribution < 1.29 is 5.11 Å². The minimum absolute atomic E-state index is 0.264. The van der Waals surface area contributed by atoms with E-state index >= 15 is 0 Å². The van der Waals surface area contributed by atoms with Crippen LogP contribution >= 0.6 is 0 Å². The van der Waals surface area contributed by atoms with E-state index < -0.39 is 0 Å². The highest BCUT2D eigenvalue weighted by atomic mass is 16.3. The zero-order valence-corrected chi connectivity index (χ0v) is 12.9. The van der Waals surface area contributed by atoms with Gasteiger partial charge in [0.25, 0.3) is 0 Å². The van der Waals surface area contributed by atoms with Crippen LogP contribution in [0.5, 0.6) is 5.75 Å². The molecule has 1 heteroatoms. The summed E-state index contributed by atoms with van der Waals surface area (Å²) in [5, 5.41) is 12.1. The Hall–Kier alpha value is -0.980. The van der Waals surface area contributed by atoms with E-state index in [-0.39, 0.29) is 5.75 Å². The summed E-state index contributed by atoms with van der Waals surface area (Å²) in [5.41, 5.74) is 3.93. The van der Waals surface area contributed by atoms with Gasteiger partial charge in [0.1, 0.15) is 0 Å². The van der Waals surface area contributed by atoms with Crippen molar-refractivity contribution >= 4 is 0 Å². The van der Waals surface area contributed by atoms with Crippen molar-refractivity contribution in [1.29, 1.82) is 0 Å². The molecule has 107 valence electrons. The third kappa shape index (κ3) is 4.89. The summed E-state index contributed by atoms with van der Waals surface area (Å²) >= 11 is 0. The number of rotatable bonds is 9. The highest BCUT2D eigenvalue weighted by molar-refractivity contribution is 5.44. The molecule has 0 aliphatic rings. The molecule has 0 aromatic heterocycles. The Labute approximate surface area is 119 Å². The molecular formula is C18H29O. The fourth-order valence-corrected chi connectivity index (χ4v) is 2.61. The number of hydrogen-bond donors (Lipinski definition) is 0. The quantitative estimate of drug-likeness (QED) is 0.530. The molecule has 0 amide bonds. The standard InChI is InChI=1S/C18H29O/c1-4-7-10-15-13-14-18(19)17(12-9-6-3)16(15)11-8-5-2/h13-14H,4-12H2,1-3H3. The Morgan fingerprint density at radius 2 is 1.26 bits per heavy atom. The lowest BCUT2D eigenvalue weighted by atomic mass is 9.90. The maximum atomic E-state index is 12.1. The molecule has 1 radical (unpaired) electrons. The second-order valence-electron chi connectivity index (χ2n) is 5.49. The van der Waals surface area contributed by atoms with Crippen molar-refractivity contribution in [2.24, 2.45) is 0 Å². The van der Waals surface area contributed by atoms with Gasteiger partial charge in [-0.25, -0.2) is 0 Å². The van der Waals surface area contributed by atoms with Gasteiger partial charge in [0.05, 0.1) is 0 Å². The first-order chi connectivity index (χ1) is 9.24. The van der Waals surface area contributed by atoms with Crippen LogP contribution in [0.25, 0.3) is 0 Å². The van der Waals surface area contributed by atoms with Crippen molar-refractivity contribution in [1.82, 2.24) is 0 Å².